The molecule has 0 bridgehead atoms. The Hall–Kier alpha value is -2.21. The first-order valence-electron chi connectivity index (χ1n) is 8.11. The fourth-order valence-corrected chi connectivity index (χ4v) is 2.95. The third-order valence-corrected chi connectivity index (χ3v) is 4.16. The van der Waals surface area contributed by atoms with E-state index < -0.39 is 0 Å². The summed E-state index contributed by atoms with van der Waals surface area (Å²) in [4.78, 5) is 25.2. The molecule has 1 aromatic heterocycles. The van der Waals surface area contributed by atoms with Gasteiger partial charge in [-0.25, -0.2) is 4.68 Å². The highest BCUT2D eigenvalue weighted by molar-refractivity contribution is 6.04. The molecule has 1 fully saturated rings. The van der Waals surface area contributed by atoms with Crippen molar-refractivity contribution in [1.29, 1.82) is 0 Å². The zero-order valence-corrected chi connectivity index (χ0v) is 13.5. The normalized spacial score (nSPS) is 18.3. The molecule has 1 atom stereocenters. The van der Waals surface area contributed by atoms with Crippen LogP contribution >= 0.6 is 0 Å². The second-order valence-electron chi connectivity index (χ2n) is 6.25. The van der Waals surface area contributed by atoms with Crippen molar-refractivity contribution in [2.45, 2.75) is 38.8 Å². The second kappa shape index (κ2) is 6.50. The summed E-state index contributed by atoms with van der Waals surface area (Å²) in [5.41, 5.74) is 0.158. The fourth-order valence-electron chi connectivity index (χ4n) is 2.95. The summed E-state index contributed by atoms with van der Waals surface area (Å²) >= 11 is 0. The first-order valence-corrected chi connectivity index (χ1v) is 8.11. The number of nitrogens with one attached hydrogen (secondary N) is 2. The van der Waals surface area contributed by atoms with E-state index in [4.69, 9.17) is 0 Å². The topological polar surface area (TPSA) is 76.0 Å². The highest BCUT2D eigenvalue weighted by Gasteiger charge is 2.21. The minimum atomic E-state index is -0.218. The lowest BCUT2D eigenvalue weighted by Crippen LogP contribution is -2.46. The van der Waals surface area contributed by atoms with Gasteiger partial charge in [0.15, 0.2) is 5.69 Å². The number of amides is 1. The van der Waals surface area contributed by atoms with E-state index in [1.54, 1.807) is 18.2 Å². The molecule has 0 unspecified atom stereocenters. The van der Waals surface area contributed by atoms with E-state index in [0.29, 0.717) is 16.5 Å². The predicted molar refractivity (Wildman–Crippen MR) is 89.7 cm³/mol. The number of aromatic nitrogens is 2. The molecule has 0 saturated carbocycles. The second-order valence-corrected chi connectivity index (χ2v) is 6.25. The molecule has 1 aromatic carbocycles. The highest BCUT2D eigenvalue weighted by Crippen LogP contribution is 2.15. The number of carbonyl (C=O) groups excluding carboxylic acids is 1. The molecule has 1 aliphatic heterocycles. The number of carbonyl (C=O) groups is 1. The van der Waals surface area contributed by atoms with Gasteiger partial charge in [0.2, 0.25) is 0 Å². The third-order valence-electron chi connectivity index (χ3n) is 4.16. The minimum absolute atomic E-state index is 0.102. The molecule has 6 nitrogen and oxygen atoms in total. The number of hydrogen-bond donors (Lipinski definition) is 2. The molecule has 122 valence electrons. The lowest BCUT2D eigenvalue weighted by molar-refractivity contribution is 0.0925. The number of hydrogen-bond acceptors (Lipinski definition) is 4. The first-order chi connectivity index (χ1) is 11.1. The summed E-state index contributed by atoms with van der Waals surface area (Å²) in [5.74, 6) is -0.218. The average molecular weight is 314 g/mol. The Morgan fingerprint density at radius 1 is 1.35 bits per heavy atom. The van der Waals surface area contributed by atoms with E-state index in [2.05, 4.69) is 15.7 Å². The van der Waals surface area contributed by atoms with Gasteiger partial charge < -0.3 is 10.6 Å². The summed E-state index contributed by atoms with van der Waals surface area (Å²) in [6.07, 6.45) is 2.01. The molecule has 6 heteroatoms. The number of nitrogens with zero attached hydrogens (tertiary/aromatic N) is 2. The average Bonchev–Trinajstić information content (AvgIpc) is 2.56. The SMILES string of the molecule is CC(C)n1nc(C(=O)N[C@H]2CCCNC2)c2ccccc2c1=O. The summed E-state index contributed by atoms with van der Waals surface area (Å²) in [5, 5.41) is 11.8. The Bertz CT molecular complexity index is 776. The van der Waals surface area contributed by atoms with E-state index >= 15 is 0 Å². The van der Waals surface area contributed by atoms with Gasteiger partial charge in [0.05, 0.1) is 11.4 Å². The molecule has 23 heavy (non-hydrogen) atoms. The van der Waals surface area contributed by atoms with E-state index in [1.807, 2.05) is 19.9 Å². The number of fused-ring (bicyclic) bond motifs is 1. The summed E-state index contributed by atoms with van der Waals surface area (Å²) in [6, 6.07) is 7.16. The van der Waals surface area contributed by atoms with Gasteiger partial charge in [-0.2, -0.15) is 5.10 Å². The van der Waals surface area contributed by atoms with Crippen molar-refractivity contribution in [3.8, 4) is 0 Å². The van der Waals surface area contributed by atoms with Gasteiger partial charge in [-0.15, -0.1) is 0 Å². The maximum atomic E-state index is 12.7. The number of rotatable bonds is 3. The van der Waals surface area contributed by atoms with Crippen LogP contribution in [0.3, 0.4) is 0 Å². The van der Waals surface area contributed by atoms with Crippen molar-refractivity contribution < 1.29 is 4.79 Å². The Balaban J connectivity index is 2.03. The van der Waals surface area contributed by atoms with Gasteiger partial charge in [-0.3, -0.25) is 9.59 Å². The fraction of sp³-hybridized carbons (Fsp3) is 0.471. The molecule has 3 rings (SSSR count). The van der Waals surface area contributed by atoms with Crippen LogP contribution in [0.1, 0.15) is 43.2 Å². The standard InChI is InChI=1S/C17H22N4O2/c1-11(2)21-17(23)14-8-4-3-7-13(14)15(20-21)16(22)19-12-6-5-9-18-10-12/h3-4,7-8,11-12,18H,5-6,9-10H2,1-2H3,(H,19,22)/t12-/m0/s1. The minimum Gasteiger partial charge on any atom is -0.347 e. The smallest absolute Gasteiger partial charge is 0.274 e. The largest absolute Gasteiger partial charge is 0.347 e. The van der Waals surface area contributed by atoms with Gasteiger partial charge in [0, 0.05) is 18.0 Å². The molecule has 1 amide bonds. The van der Waals surface area contributed by atoms with E-state index in [1.165, 1.54) is 4.68 Å². The monoisotopic (exact) mass is 314 g/mol. The van der Waals surface area contributed by atoms with Gasteiger partial charge in [-0.05, 0) is 39.3 Å². The van der Waals surface area contributed by atoms with Crippen LogP contribution in [0, 0.1) is 0 Å². The predicted octanol–water partition coefficient (Wildman–Crippen LogP) is 1.46. The van der Waals surface area contributed by atoms with E-state index in [-0.39, 0.29) is 23.6 Å². The van der Waals surface area contributed by atoms with Crippen LogP contribution < -0.4 is 16.2 Å². The molecule has 0 radical (unpaired) electrons. The lowest BCUT2D eigenvalue weighted by atomic mass is 10.1. The zero-order valence-electron chi connectivity index (χ0n) is 13.5. The molecule has 0 spiro atoms. The van der Waals surface area contributed by atoms with Gasteiger partial charge in [-0.1, -0.05) is 18.2 Å². The quantitative estimate of drug-likeness (QED) is 0.899. The summed E-state index contributed by atoms with van der Waals surface area (Å²) < 4.78 is 1.39. The summed E-state index contributed by atoms with van der Waals surface area (Å²) in [6.45, 7) is 5.53. The van der Waals surface area contributed by atoms with Crippen LogP contribution in [0.5, 0.6) is 0 Å². The first kappa shape index (κ1) is 15.7. The Morgan fingerprint density at radius 2 is 2.09 bits per heavy atom. The van der Waals surface area contributed by atoms with Crippen molar-refractivity contribution in [3.63, 3.8) is 0 Å². The van der Waals surface area contributed by atoms with Crippen LogP contribution in [-0.2, 0) is 0 Å². The molecule has 0 aliphatic carbocycles. The van der Waals surface area contributed by atoms with Crippen LogP contribution in [0.25, 0.3) is 10.8 Å². The van der Waals surface area contributed by atoms with Gasteiger partial charge in [0.25, 0.3) is 11.5 Å². The Labute approximate surface area is 134 Å². The number of piperidine rings is 1. The summed E-state index contributed by atoms with van der Waals surface area (Å²) in [7, 11) is 0. The Kier molecular flexibility index (Phi) is 4.43. The van der Waals surface area contributed by atoms with Crippen molar-refractivity contribution in [2.75, 3.05) is 13.1 Å². The maximum Gasteiger partial charge on any atom is 0.274 e. The number of benzene rings is 1. The van der Waals surface area contributed by atoms with Gasteiger partial charge in [0.1, 0.15) is 0 Å². The molecular weight excluding hydrogens is 292 g/mol. The zero-order chi connectivity index (χ0) is 16.4. The third kappa shape index (κ3) is 3.12. The highest BCUT2D eigenvalue weighted by atomic mass is 16.2. The van der Waals surface area contributed by atoms with E-state index in [9.17, 15) is 9.59 Å². The van der Waals surface area contributed by atoms with Crippen LogP contribution in [0.15, 0.2) is 29.1 Å². The molecule has 2 heterocycles. The van der Waals surface area contributed by atoms with Crippen molar-refractivity contribution in [1.82, 2.24) is 20.4 Å². The van der Waals surface area contributed by atoms with Crippen LogP contribution in [0.4, 0.5) is 0 Å². The van der Waals surface area contributed by atoms with Crippen LogP contribution in [-0.4, -0.2) is 34.8 Å². The van der Waals surface area contributed by atoms with E-state index in [0.717, 1.165) is 25.9 Å². The molecule has 2 N–H and O–H groups in total. The van der Waals surface area contributed by atoms with Crippen LogP contribution in [0.2, 0.25) is 0 Å². The molecule has 1 saturated heterocycles. The van der Waals surface area contributed by atoms with Gasteiger partial charge >= 0.3 is 0 Å². The van der Waals surface area contributed by atoms with Crippen molar-refractivity contribution in [3.05, 3.63) is 40.3 Å². The molecule has 2 aromatic rings. The Morgan fingerprint density at radius 3 is 2.74 bits per heavy atom. The van der Waals surface area contributed by atoms with Crippen molar-refractivity contribution >= 4 is 16.7 Å². The maximum absolute atomic E-state index is 12.7. The van der Waals surface area contributed by atoms with Crippen molar-refractivity contribution in [2.24, 2.45) is 0 Å². The molecular formula is C17H22N4O2. The lowest BCUT2D eigenvalue weighted by Gasteiger charge is -2.24. The molecule has 1 aliphatic rings.